The molecule has 0 unspecified atom stereocenters. The Bertz CT molecular complexity index is 1100. The van der Waals surface area contributed by atoms with Crippen LogP contribution >= 0.6 is 0 Å². The molecule has 8 heteroatoms. The highest BCUT2D eigenvalue weighted by atomic mass is 16.3. The van der Waals surface area contributed by atoms with Crippen LogP contribution in [0.2, 0.25) is 0 Å². The topological polar surface area (TPSA) is 97.4 Å². The van der Waals surface area contributed by atoms with Crippen LogP contribution in [0.3, 0.4) is 0 Å². The average molecular weight is 421 g/mol. The summed E-state index contributed by atoms with van der Waals surface area (Å²) in [6, 6.07) is 7.78. The van der Waals surface area contributed by atoms with Crippen LogP contribution in [0.1, 0.15) is 32.1 Å². The first-order valence-electron chi connectivity index (χ1n) is 11.1. The molecule has 3 N–H and O–H groups in total. The van der Waals surface area contributed by atoms with Crippen molar-refractivity contribution in [1.82, 2.24) is 15.0 Å². The number of H-pyrrole nitrogens is 1. The van der Waals surface area contributed by atoms with Gasteiger partial charge in [0.25, 0.3) is 5.56 Å². The molecular weight excluding hydrogens is 392 g/mol. The molecule has 2 saturated heterocycles. The van der Waals surface area contributed by atoms with Crippen molar-refractivity contribution in [2.75, 3.05) is 41.3 Å². The van der Waals surface area contributed by atoms with Crippen molar-refractivity contribution in [3.63, 3.8) is 0 Å². The molecule has 0 radical (unpaired) electrons. The van der Waals surface area contributed by atoms with Gasteiger partial charge in [-0.1, -0.05) is 0 Å². The number of nitrogens with zero attached hydrogens (tertiary/aromatic N) is 4. The molecule has 2 aliphatic rings. The molecule has 3 aromatic heterocycles. The number of pyridine rings is 3. The summed E-state index contributed by atoms with van der Waals surface area (Å²) < 4.78 is 0. The Hall–Kier alpha value is -3.13. The fourth-order valence-corrected chi connectivity index (χ4v) is 4.47. The molecule has 0 saturated carbocycles. The van der Waals surface area contributed by atoms with Gasteiger partial charge in [0.15, 0.2) is 0 Å². The second kappa shape index (κ2) is 8.55. The summed E-state index contributed by atoms with van der Waals surface area (Å²) in [5.41, 5.74) is 2.27. The fourth-order valence-electron chi connectivity index (χ4n) is 4.47. The number of hydrogen-bond acceptors (Lipinski definition) is 7. The number of aliphatic hydroxyl groups excluding tert-OH is 1. The monoisotopic (exact) mass is 420 g/mol. The van der Waals surface area contributed by atoms with Crippen molar-refractivity contribution in [1.29, 1.82) is 0 Å². The third-order valence-electron chi connectivity index (χ3n) is 6.24. The quantitative estimate of drug-likeness (QED) is 0.597. The third-order valence-corrected chi connectivity index (χ3v) is 6.24. The van der Waals surface area contributed by atoms with Gasteiger partial charge in [0.1, 0.15) is 11.6 Å². The minimum atomic E-state index is -0.197. The number of aromatic nitrogens is 3. The van der Waals surface area contributed by atoms with Gasteiger partial charge in [-0.15, -0.1) is 0 Å². The number of fused-ring (bicyclic) bond motifs is 1. The first kappa shape index (κ1) is 19.8. The molecule has 8 nitrogen and oxygen atoms in total. The van der Waals surface area contributed by atoms with Crippen molar-refractivity contribution in [3.8, 4) is 0 Å². The lowest BCUT2D eigenvalue weighted by Crippen LogP contribution is -2.35. The Morgan fingerprint density at radius 3 is 2.58 bits per heavy atom. The van der Waals surface area contributed by atoms with Crippen LogP contribution in [0.25, 0.3) is 10.9 Å². The van der Waals surface area contributed by atoms with Crippen LogP contribution in [0.5, 0.6) is 0 Å². The van der Waals surface area contributed by atoms with Crippen LogP contribution < -0.4 is 20.7 Å². The number of aliphatic hydroxyl groups is 1. The molecule has 0 bridgehead atoms. The number of nitrogens with one attached hydrogen (secondary N) is 2. The molecule has 2 aliphatic heterocycles. The zero-order chi connectivity index (χ0) is 21.2. The second-order valence-corrected chi connectivity index (χ2v) is 8.39. The molecule has 0 aromatic carbocycles. The molecule has 2 fully saturated rings. The van der Waals surface area contributed by atoms with Gasteiger partial charge in [-0.25, -0.2) is 9.97 Å². The standard InChI is InChI=1S/C23H28N6O2/c30-17-7-12-28(13-8-17)16-4-5-20(25-15-16)26-19-14-21(29-10-2-1-3-11-29)27-18-6-9-24-23(31)22(18)19/h4-6,9,14-15,17,30H,1-3,7-8,10-13H2,(H,24,31)(H,25,26,27). The van der Waals surface area contributed by atoms with Crippen molar-refractivity contribution in [2.24, 2.45) is 0 Å². The summed E-state index contributed by atoms with van der Waals surface area (Å²) >= 11 is 0. The highest BCUT2D eigenvalue weighted by Crippen LogP contribution is 2.29. The van der Waals surface area contributed by atoms with E-state index in [1.54, 1.807) is 6.20 Å². The summed E-state index contributed by atoms with van der Waals surface area (Å²) in [7, 11) is 0. The molecule has 31 heavy (non-hydrogen) atoms. The summed E-state index contributed by atoms with van der Waals surface area (Å²) in [6.07, 6.45) is 8.43. The van der Waals surface area contributed by atoms with E-state index in [9.17, 15) is 9.90 Å². The van der Waals surface area contributed by atoms with Crippen molar-refractivity contribution < 1.29 is 5.11 Å². The van der Waals surface area contributed by atoms with Crippen LogP contribution in [-0.4, -0.2) is 52.3 Å². The molecule has 0 amide bonds. The Balaban J connectivity index is 1.44. The van der Waals surface area contributed by atoms with E-state index in [0.717, 1.165) is 63.4 Å². The number of anilines is 4. The van der Waals surface area contributed by atoms with E-state index in [-0.39, 0.29) is 11.7 Å². The zero-order valence-electron chi connectivity index (χ0n) is 17.5. The average Bonchev–Trinajstić information content (AvgIpc) is 2.81. The lowest BCUT2D eigenvalue weighted by atomic mass is 10.1. The zero-order valence-corrected chi connectivity index (χ0v) is 17.5. The first-order valence-corrected chi connectivity index (χ1v) is 11.1. The fraction of sp³-hybridized carbons (Fsp3) is 0.435. The van der Waals surface area contributed by atoms with Gasteiger partial charge in [-0.3, -0.25) is 4.79 Å². The van der Waals surface area contributed by atoms with E-state index in [4.69, 9.17) is 4.98 Å². The normalized spacial score (nSPS) is 17.8. The minimum absolute atomic E-state index is 0.166. The lowest BCUT2D eigenvalue weighted by Gasteiger charge is -2.31. The molecule has 5 rings (SSSR count). The molecule has 0 spiro atoms. The maximum absolute atomic E-state index is 12.6. The van der Waals surface area contributed by atoms with Gasteiger partial charge in [-0.05, 0) is 50.3 Å². The predicted molar refractivity (Wildman–Crippen MR) is 123 cm³/mol. The smallest absolute Gasteiger partial charge is 0.259 e. The highest BCUT2D eigenvalue weighted by molar-refractivity contribution is 5.93. The molecule has 162 valence electrons. The van der Waals surface area contributed by atoms with Crippen molar-refractivity contribution in [3.05, 3.63) is 47.0 Å². The molecular formula is C23H28N6O2. The molecule has 0 aliphatic carbocycles. The molecule has 5 heterocycles. The van der Waals surface area contributed by atoms with Crippen molar-refractivity contribution >= 4 is 33.9 Å². The van der Waals surface area contributed by atoms with Gasteiger partial charge in [0.2, 0.25) is 0 Å². The summed E-state index contributed by atoms with van der Waals surface area (Å²) in [5, 5.41) is 13.6. The van der Waals surface area contributed by atoms with Crippen molar-refractivity contribution in [2.45, 2.75) is 38.2 Å². The van der Waals surface area contributed by atoms with E-state index in [2.05, 4.69) is 25.1 Å². The second-order valence-electron chi connectivity index (χ2n) is 8.39. The Morgan fingerprint density at radius 1 is 1.03 bits per heavy atom. The largest absolute Gasteiger partial charge is 0.393 e. The van der Waals surface area contributed by atoms with Crippen LogP contribution in [0.15, 0.2) is 41.5 Å². The third kappa shape index (κ3) is 4.20. The van der Waals surface area contributed by atoms with E-state index < -0.39 is 0 Å². The van der Waals surface area contributed by atoms with Gasteiger partial charge in [0, 0.05) is 38.4 Å². The van der Waals surface area contributed by atoms with Gasteiger partial charge < -0.3 is 25.2 Å². The highest BCUT2D eigenvalue weighted by Gasteiger charge is 2.19. The number of piperidine rings is 2. The Labute approximate surface area is 180 Å². The maximum atomic E-state index is 12.6. The maximum Gasteiger partial charge on any atom is 0.259 e. The summed E-state index contributed by atoms with van der Waals surface area (Å²) in [4.78, 5) is 29.2. The van der Waals surface area contributed by atoms with E-state index >= 15 is 0 Å². The first-order chi connectivity index (χ1) is 15.2. The van der Waals surface area contributed by atoms with Gasteiger partial charge >= 0.3 is 0 Å². The van der Waals surface area contributed by atoms with Gasteiger partial charge in [-0.2, -0.15) is 0 Å². The predicted octanol–water partition coefficient (Wildman–Crippen LogP) is 3.01. The van der Waals surface area contributed by atoms with Gasteiger partial charge in [0.05, 0.1) is 34.6 Å². The molecule has 0 atom stereocenters. The van der Waals surface area contributed by atoms with Crippen LogP contribution in [0, 0.1) is 0 Å². The molecule has 3 aromatic rings. The summed E-state index contributed by atoms with van der Waals surface area (Å²) in [5.74, 6) is 1.57. The van der Waals surface area contributed by atoms with Crippen LogP contribution in [-0.2, 0) is 0 Å². The Kier molecular flexibility index (Phi) is 5.46. The minimum Gasteiger partial charge on any atom is -0.393 e. The van der Waals surface area contributed by atoms with Crippen LogP contribution in [0.4, 0.5) is 23.0 Å². The number of aromatic amines is 1. The van der Waals surface area contributed by atoms with E-state index in [0.29, 0.717) is 22.4 Å². The lowest BCUT2D eigenvalue weighted by molar-refractivity contribution is 0.145. The Morgan fingerprint density at radius 2 is 1.84 bits per heavy atom. The SMILES string of the molecule is O=c1[nH]ccc2nc(N3CCCCC3)cc(Nc3ccc(N4CCC(O)CC4)cn3)c12. The van der Waals surface area contributed by atoms with E-state index in [1.807, 2.05) is 30.5 Å². The van der Waals surface area contributed by atoms with E-state index in [1.165, 1.54) is 6.42 Å². The number of rotatable bonds is 4. The number of hydrogen-bond donors (Lipinski definition) is 3. The summed E-state index contributed by atoms with van der Waals surface area (Å²) in [6.45, 7) is 3.63.